The van der Waals surface area contributed by atoms with Gasteiger partial charge < -0.3 is 25.1 Å². The number of benzene rings is 2. The Labute approximate surface area is 266 Å². The number of carbonyl (C=O) groups is 4. The molecule has 244 valence electrons. The summed E-state index contributed by atoms with van der Waals surface area (Å²) in [4.78, 5) is 58.2. The van der Waals surface area contributed by atoms with E-state index < -0.39 is 52.0 Å². The molecule has 1 heterocycles. The molecular formula is C36H49N3O6. The van der Waals surface area contributed by atoms with Crippen LogP contribution in [0.2, 0.25) is 0 Å². The third-order valence-corrected chi connectivity index (χ3v) is 10.7. The van der Waals surface area contributed by atoms with Gasteiger partial charge in [-0.15, -0.1) is 0 Å². The zero-order valence-corrected chi connectivity index (χ0v) is 28.4. The van der Waals surface area contributed by atoms with Crippen molar-refractivity contribution in [3.05, 3.63) is 42.0 Å². The lowest BCUT2D eigenvalue weighted by Crippen LogP contribution is -2.76. The zero-order valence-electron chi connectivity index (χ0n) is 28.4. The number of H-pyrrole nitrogens is 1. The average molecular weight is 620 g/mol. The van der Waals surface area contributed by atoms with E-state index in [0.29, 0.717) is 12.1 Å². The molecule has 1 aliphatic rings. The summed E-state index contributed by atoms with van der Waals surface area (Å²) in [6, 6.07) is 12.0. The molecule has 2 atom stereocenters. The lowest BCUT2D eigenvalue weighted by Gasteiger charge is -2.61. The maximum atomic E-state index is 14.2. The van der Waals surface area contributed by atoms with Crippen LogP contribution >= 0.6 is 0 Å². The van der Waals surface area contributed by atoms with Crippen molar-refractivity contribution < 1.29 is 28.7 Å². The summed E-state index contributed by atoms with van der Waals surface area (Å²) >= 11 is 0. The van der Waals surface area contributed by atoms with Crippen LogP contribution in [0.5, 0.6) is 0 Å². The molecule has 0 spiro atoms. The molecular weight excluding hydrogens is 570 g/mol. The number of aromatic nitrogens is 1. The Kier molecular flexibility index (Phi) is 9.17. The summed E-state index contributed by atoms with van der Waals surface area (Å²) in [6.07, 6.45) is 3.52. The normalized spacial score (nSPS) is 23.3. The number of nitrogens with one attached hydrogen (secondary N) is 3. The van der Waals surface area contributed by atoms with Crippen LogP contribution in [0.15, 0.2) is 36.4 Å². The Morgan fingerprint density at radius 2 is 1.31 bits per heavy atom. The maximum absolute atomic E-state index is 14.2. The van der Waals surface area contributed by atoms with Crippen LogP contribution in [0.3, 0.4) is 0 Å². The van der Waals surface area contributed by atoms with E-state index in [2.05, 4.69) is 54.6 Å². The third kappa shape index (κ3) is 5.48. The monoisotopic (exact) mass is 619 g/mol. The van der Waals surface area contributed by atoms with Gasteiger partial charge in [0.2, 0.25) is 11.8 Å². The van der Waals surface area contributed by atoms with E-state index >= 15 is 0 Å². The number of carbonyl (C=O) groups excluding carboxylic acids is 4. The fourth-order valence-corrected chi connectivity index (χ4v) is 7.63. The number of anilines is 1. The number of fused-ring (bicyclic) bond motifs is 3. The van der Waals surface area contributed by atoms with E-state index in [-0.39, 0.29) is 5.41 Å². The highest BCUT2D eigenvalue weighted by Gasteiger charge is 2.78. The van der Waals surface area contributed by atoms with Crippen LogP contribution in [-0.2, 0) is 34.1 Å². The van der Waals surface area contributed by atoms with Gasteiger partial charge in [0.25, 0.3) is 0 Å². The van der Waals surface area contributed by atoms with Crippen LogP contribution < -0.4 is 10.6 Å². The quantitative estimate of drug-likeness (QED) is 0.207. The van der Waals surface area contributed by atoms with Crippen molar-refractivity contribution in [1.29, 1.82) is 0 Å². The molecule has 0 bridgehead atoms. The molecule has 1 aliphatic carbocycles. The number of rotatable bonds is 11. The summed E-state index contributed by atoms with van der Waals surface area (Å²) in [5.74, 6) is -5.04. The maximum Gasteiger partial charge on any atom is 0.310 e. The first-order chi connectivity index (χ1) is 21.1. The molecule has 1 aromatic heterocycles. The van der Waals surface area contributed by atoms with Gasteiger partial charge in [-0.05, 0) is 88.3 Å². The highest BCUT2D eigenvalue weighted by atomic mass is 16.5. The van der Waals surface area contributed by atoms with Gasteiger partial charge in [0, 0.05) is 33.0 Å². The first kappa shape index (κ1) is 34.0. The average Bonchev–Trinajstić information content (AvgIpc) is 3.37. The van der Waals surface area contributed by atoms with Crippen LogP contribution in [0.25, 0.3) is 21.8 Å². The number of hydrogen-bond donors (Lipinski definition) is 3. The van der Waals surface area contributed by atoms with Crippen LogP contribution in [0.1, 0.15) is 86.6 Å². The van der Waals surface area contributed by atoms with E-state index in [9.17, 15) is 19.2 Å². The summed E-state index contributed by atoms with van der Waals surface area (Å²) in [5, 5.41) is 7.95. The topological polar surface area (TPSA) is 127 Å². The lowest BCUT2D eigenvalue weighted by atomic mass is 9.39. The molecule has 0 saturated heterocycles. The second-order valence-corrected chi connectivity index (χ2v) is 13.9. The van der Waals surface area contributed by atoms with E-state index in [1.165, 1.54) is 26.7 Å². The van der Waals surface area contributed by atoms with E-state index in [4.69, 9.17) is 9.47 Å². The number of aromatic amines is 1. The standard InChI is InChI=1S/C36H49N3O6/c1-11-18-33(4,5)39-32(43)36(8)27(29(40)44-9)35(7,28(36)30(41)45-10)31(42)37-22-15-17-26-24(20-22)23-19-21(14-16-25(23)38-26)34(6,12-2)13-3/h14-17,19-20,27-28,38H,11-13,18H2,1-10H3,(H,37,42)(H,39,43). The number of amides is 2. The molecule has 4 rings (SSSR count). The smallest absolute Gasteiger partial charge is 0.310 e. The Hall–Kier alpha value is -3.88. The molecule has 9 nitrogen and oxygen atoms in total. The largest absolute Gasteiger partial charge is 0.469 e. The fraction of sp³-hybridized carbons (Fsp3) is 0.556. The SMILES string of the molecule is CCCC(C)(C)NC(=O)C1(C)C(C(=O)OC)C(C)(C(=O)Nc2ccc3[nH]c4ccc(C(C)(CC)CC)cc4c3c2)C1C(=O)OC. The zero-order chi connectivity index (χ0) is 33.5. The minimum Gasteiger partial charge on any atom is -0.469 e. The molecule has 2 unspecified atom stereocenters. The second-order valence-electron chi connectivity index (χ2n) is 13.9. The van der Waals surface area contributed by atoms with Crippen LogP contribution in [0.4, 0.5) is 5.69 Å². The molecule has 0 radical (unpaired) electrons. The van der Waals surface area contributed by atoms with Crippen molar-refractivity contribution in [2.75, 3.05) is 19.5 Å². The van der Waals surface area contributed by atoms with E-state index in [1.807, 2.05) is 32.9 Å². The number of esters is 2. The Balaban J connectivity index is 1.76. The summed E-state index contributed by atoms with van der Waals surface area (Å²) < 4.78 is 10.3. The van der Waals surface area contributed by atoms with Crippen molar-refractivity contribution in [1.82, 2.24) is 10.3 Å². The van der Waals surface area contributed by atoms with E-state index in [0.717, 1.165) is 41.1 Å². The lowest BCUT2D eigenvalue weighted by molar-refractivity contribution is -0.218. The minimum absolute atomic E-state index is 0.0406. The Morgan fingerprint density at radius 3 is 1.82 bits per heavy atom. The highest BCUT2D eigenvalue weighted by molar-refractivity contribution is 6.11. The van der Waals surface area contributed by atoms with Gasteiger partial charge in [0.15, 0.2) is 0 Å². The Bertz CT molecular complexity index is 1610. The number of hydrogen-bond acceptors (Lipinski definition) is 6. The molecule has 2 amide bonds. The molecule has 9 heteroatoms. The molecule has 3 N–H and O–H groups in total. The number of methoxy groups -OCH3 is 2. The summed E-state index contributed by atoms with van der Waals surface area (Å²) in [5.41, 5.74) is -0.107. The van der Waals surface area contributed by atoms with Gasteiger partial charge in [0.1, 0.15) is 0 Å². The molecule has 2 aromatic carbocycles. The Morgan fingerprint density at radius 1 is 0.800 bits per heavy atom. The predicted octanol–water partition coefficient (Wildman–Crippen LogP) is 6.64. The van der Waals surface area contributed by atoms with Crippen molar-refractivity contribution in [3.8, 4) is 0 Å². The summed E-state index contributed by atoms with van der Waals surface area (Å²) in [7, 11) is 2.43. The molecule has 45 heavy (non-hydrogen) atoms. The first-order valence-corrected chi connectivity index (χ1v) is 15.9. The molecule has 1 fully saturated rings. The van der Waals surface area contributed by atoms with Gasteiger partial charge in [-0.25, -0.2) is 0 Å². The van der Waals surface area contributed by atoms with Crippen molar-refractivity contribution in [3.63, 3.8) is 0 Å². The minimum atomic E-state index is -1.63. The van der Waals surface area contributed by atoms with E-state index in [1.54, 1.807) is 13.0 Å². The molecule has 0 aliphatic heterocycles. The molecule has 1 saturated carbocycles. The fourth-order valence-electron chi connectivity index (χ4n) is 7.63. The predicted molar refractivity (Wildman–Crippen MR) is 177 cm³/mol. The van der Waals surface area contributed by atoms with Crippen molar-refractivity contribution in [2.45, 2.75) is 92.0 Å². The number of ether oxygens (including phenoxy) is 2. The summed E-state index contributed by atoms with van der Waals surface area (Å²) in [6.45, 7) is 15.5. The van der Waals surface area contributed by atoms with Gasteiger partial charge in [-0.1, -0.05) is 40.2 Å². The van der Waals surface area contributed by atoms with Gasteiger partial charge >= 0.3 is 11.9 Å². The van der Waals surface area contributed by atoms with Crippen molar-refractivity contribution >= 4 is 51.2 Å². The van der Waals surface area contributed by atoms with Gasteiger partial charge in [-0.3, -0.25) is 19.2 Å². The molecule has 3 aromatic rings. The second kappa shape index (κ2) is 12.1. The van der Waals surface area contributed by atoms with Gasteiger partial charge in [-0.2, -0.15) is 0 Å². The van der Waals surface area contributed by atoms with Gasteiger partial charge in [0.05, 0.1) is 36.9 Å². The van der Waals surface area contributed by atoms with Crippen molar-refractivity contribution in [2.24, 2.45) is 22.7 Å². The van der Waals surface area contributed by atoms with Crippen LogP contribution in [-0.4, -0.2) is 48.5 Å². The highest BCUT2D eigenvalue weighted by Crippen LogP contribution is 2.65. The third-order valence-electron chi connectivity index (χ3n) is 10.7. The first-order valence-electron chi connectivity index (χ1n) is 15.9. The van der Waals surface area contributed by atoms with Crippen LogP contribution in [0, 0.1) is 22.7 Å².